The van der Waals surface area contributed by atoms with Gasteiger partial charge in [0.05, 0.1) is 5.69 Å². The van der Waals surface area contributed by atoms with E-state index < -0.39 is 6.43 Å². The molecule has 0 spiro atoms. The predicted molar refractivity (Wildman–Crippen MR) is 62.3 cm³/mol. The molecule has 1 aliphatic heterocycles. The van der Waals surface area contributed by atoms with Gasteiger partial charge in [-0.25, -0.2) is 12.9 Å². The zero-order chi connectivity index (χ0) is 12.5. The number of nitrogens with one attached hydrogen (secondary N) is 1. The van der Waals surface area contributed by atoms with Crippen molar-refractivity contribution in [1.29, 1.82) is 0 Å². The van der Waals surface area contributed by atoms with Crippen molar-refractivity contribution in [3.63, 3.8) is 0 Å². The van der Waals surface area contributed by atoms with Gasteiger partial charge in [0.15, 0.2) is 0 Å². The highest BCUT2D eigenvalue weighted by Crippen LogP contribution is 2.21. The van der Waals surface area contributed by atoms with E-state index in [0.717, 1.165) is 18.8 Å². The van der Waals surface area contributed by atoms with Crippen LogP contribution in [0.5, 0.6) is 0 Å². The molecular weight excluding hydrogens is 260 g/mol. The van der Waals surface area contributed by atoms with Gasteiger partial charge in [0.2, 0.25) is 0 Å². The van der Waals surface area contributed by atoms with Crippen molar-refractivity contribution >= 4 is 11.9 Å². The molecule has 0 aliphatic carbocycles. The molecule has 5 nitrogen and oxygen atoms in total. The minimum absolute atomic E-state index is 0.375. The Kier molecular flexibility index (Phi) is 3.04. The Labute approximate surface area is 106 Å². The number of rotatable bonds is 4. The first-order chi connectivity index (χ1) is 8.70. The maximum Gasteiger partial charge on any atom is 0.257 e. The number of hydrogen-bond donors (Lipinski definition) is 1. The maximum absolute atomic E-state index is 12.2. The molecule has 3 rings (SSSR count). The lowest BCUT2D eigenvalue weighted by Gasteiger charge is -1.99. The highest BCUT2D eigenvalue weighted by atomic mass is 32.2. The van der Waals surface area contributed by atoms with E-state index in [2.05, 4.69) is 15.5 Å². The predicted octanol–water partition coefficient (Wildman–Crippen LogP) is 1.50. The summed E-state index contributed by atoms with van der Waals surface area (Å²) in [4.78, 5) is 0. The molecule has 2 aromatic heterocycles. The van der Waals surface area contributed by atoms with Crippen LogP contribution in [0.25, 0.3) is 0 Å². The lowest BCUT2D eigenvalue weighted by Crippen LogP contribution is -2.07. The Morgan fingerprint density at radius 1 is 1.39 bits per heavy atom. The lowest BCUT2D eigenvalue weighted by molar-refractivity contribution is 0.121. The van der Waals surface area contributed by atoms with E-state index in [1.807, 2.05) is 6.20 Å². The molecule has 0 aromatic carbocycles. The van der Waals surface area contributed by atoms with Crippen molar-refractivity contribution in [2.45, 2.75) is 31.1 Å². The van der Waals surface area contributed by atoms with Gasteiger partial charge in [-0.15, -0.1) is 0 Å². The third-order valence-corrected chi connectivity index (χ3v) is 3.37. The van der Waals surface area contributed by atoms with Crippen LogP contribution in [0.15, 0.2) is 23.5 Å². The van der Waals surface area contributed by atoms with Gasteiger partial charge in [-0.1, -0.05) is 0 Å². The maximum atomic E-state index is 12.2. The second-order valence-corrected chi connectivity index (χ2v) is 4.94. The van der Waals surface area contributed by atoms with Gasteiger partial charge >= 0.3 is 0 Å². The van der Waals surface area contributed by atoms with Crippen molar-refractivity contribution in [2.75, 3.05) is 0 Å². The molecular formula is C10H11F2N5S. The minimum Gasteiger partial charge on any atom is -0.307 e. The van der Waals surface area contributed by atoms with Crippen LogP contribution in [0.1, 0.15) is 11.3 Å². The fourth-order valence-corrected chi connectivity index (χ4v) is 2.58. The van der Waals surface area contributed by atoms with Gasteiger partial charge in [0.1, 0.15) is 11.6 Å². The van der Waals surface area contributed by atoms with Crippen LogP contribution in [0.2, 0.25) is 0 Å². The summed E-state index contributed by atoms with van der Waals surface area (Å²) in [6.45, 7) is 1.23. The number of halogens is 2. The summed E-state index contributed by atoms with van der Waals surface area (Å²) in [5, 5.41) is 12.3. The van der Waals surface area contributed by atoms with Crippen molar-refractivity contribution < 1.29 is 8.78 Å². The third kappa shape index (κ3) is 2.39. The second-order valence-electron chi connectivity index (χ2n) is 3.97. The minimum atomic E-state index is -2.39. The second kappa shape index (κ2) is 4.69. The van der Waals surface area contributed by atoms with Gasteiger partial charge in [-0.2, -0.15) is 10.2 Å². The molecule has 2 aromatic rings. The fraction of sp³-hybridized carbons (Fsp3) is 0.400. The van der Waals surface area contributed by atoms with Crippen LogP contribution in [-0.4, -0.2) is 25.4 Å². The van der Waals surface area contributed by atoms with Gasteiger partial charge in [-0.05, 0) is 6.07 Å². The molecule has 0 unspecified atom stereocenters. The first kappa shape index (κ1) is 11.7. The molecule has 0 bridgehead atoms. The summed E-state index contributed by atoms with van der Waals surface area (Å²) in [5.74, 6) is 0. The SMILES string of the molecule is FC(F)Cn1ccc(Sn2cc3c(n2)CNC3)n1. The lowest BCUT2D eigenvalue weighted by atomic mass is 10.3. The highest BCUT2D eigenvalue weighted by Gasteiger charge is 2.15. The van der Waals surface area contributed by atoms with E-state index >= 15 is 0 Å². The molecule has 8 heteroatoms. The van der Waals surface area contributed by atoms with Crippen LogP contribution < -0.4 is 5.32 Å². The molecule has 3 heterocycles. The largest absolute Gasteiger partial charge is 0.307 e. The first-order valence-electron chi connectivity index (χ1n) is 5.49. The Morgan fingerprint density at radius 2 is 2.28 bits per heavy atom. The molecule has 96 valence electrons. The summed E-state index contributed by atoms with van der Waals surface area (Å²) in [6.07, 6.45) is 1.10. The number of aromatic nitrogens is 4. The summed E-state index contributed by atoms with van der Waals surface area (Å²) in [7, 11) is 0. The number of alkyl halides is 2. The van der Waals surface area contributed by atoms with Crippen molar-refractivity contribution in [2.24, 2.45) is 0 Å². The average molecular weight is 271 g/mol. The van der Waals surface area contributed by atoms with E-state index in [0.29, 0.717) is 5.03 Å². The smallest absolute Gasteiger partial charge is 0.257 e. The molecule has 0 amide bonds. The molecule has 0 saturated heterocycles. The fourth-order valence-electron chi connectivity index (χ4n) is 1.81. The van der Waals surface area contributed by atoms with Gasteiger partial charge in [0.25, 0.3) is 6.43 Å². The van der Waals surface area contributed by atoms with Crippen molar-refractivity contribution in [1.82, 2.24) is 24.3 Å². The standard InChI is InChI=1S/C10H11F2N5S/c11-9(12)6-16-2-1-10(15-16)18-17-5-7-3-13-4-8(7)14-17/h1-2,5,9,13H,3-4,6H2. The number of fused-ring (bicyclic) bond motifs is 1. The Hall–Kier alpha value is -1.41. The summed E-state index contributed by atoms with van der Waals surface area (Å²) < 4.78 is 27.3. The number of hydrogen-bond acceptors (Lipinski definition) is 4. The van der Waals surface area contributed by atoms with Gasteiger partial charge in [-0.3, -0.25) is 4.68 Å². The molecule has 0 radical (unpaired) electrons. The van der Waals surface area contributed by atoms with E-state index in [4.69, 9.17) is 0 Å². The van der Waals surface area contributed by atoms with E-state index in [9.17, 15) is 8.78 Å². The molecule has 0 fully saturated rings. The van der Waals surface area contributed by atoms with E-state index in [-0.39, 0.29) is 6.54 Å². The third-order valence-electron chi connectivity index (χ3n) is 2.59. The first-order valence-corrected chi connectivity index (χ1v) is 6.26. The molecule has 1 N–H and O–H groups in total. The highest BCUT2D eigenvalue weighted by molar-refractivity contribution is 7.97. The van der Waals surface area contributed by atoms with Crippen LogP contribution in [0.4, 0.5) is 8.78 Å². The van der Waals surface area contributed by atoms with Crippen molar-refractivity contribution in [3.8, 4) is 0 Å². The number of nitrogens with zero attached hydrogens (tertiary/aromatic N) is 4. The monoisotopic (exact) mass is 271 g/mol. The van der Waals surface area contributed by atoms with Crippen LogP contribution >= 0.6 is 11.9 Å². The van der Waals surface area contributed by atoms with E-state index in [1.54, 1.807) is 16.4 Å². The van der Waals surface area contributed by atoms with Gasteiger partial charge in [0, 0.05) is 43.0 Å². The quantitative estimate of drug-likeness (QED) is 0.915. The van der Waals surface area contributed by atoms with Gasteiger partial charge < -0.3 is 5.32 Å². The average Bonchev–Trinajstić information content (AvgIpc) is 2.93. The summed E-state index contributed by atoms with van der Waals surface area (Å²) in [5.41, 5.74) is 2.21. The molecule has 18 heavy (non-hydrogen) atoms. The normalized spacial score (nSPS) is 14.4. The molecule has 0 saturated carbocycles. The summed E-state index contributed by atoms with van der Waals surface area (Å²) in [6, 6.07) is 1.71. The van der Waals surface area contributed by atoms with E-state index in [1.165, 1.54) is 22.2 Å². The Morgan fingerprint density at radius 3 is 3.06 bits per heavy atom. The van der Waals surface area contributed by atoms with Crippen LogP contribution in [-0.2, 0) is 19.6 Å². The van der Waals surface area contributed by atoms with Crippen LogP contribution in [0, 0.1) is 0 Å². The Bertz CT molecular complexity index is 529. The summed E-state index contributed by atoms with van der Waals surface area (Å²) >= 11 is 1.32. The van der Waals surface area contributed by atoms with Crippen LogP contribution in [0.3, 0.4) is 0 Å². The Balaban J connectivity index is 1.70. The zero-order valence-electron chi connectivity index (χ0n) is 9.38. The van der Waals surface area contributed by atoms with Crippen molar-refractivity contribution in [3.05, 3.63) is 29.7 Å². The topological polar surface area (TPSA) is 47.7 Å². The zero-order valence-corrected chi connectivity index (χ0v) is 10.2. The molecule has 0 atom stereocenters. The molecule has 1 aliphatic rings.